The number of carbonyl (C=O) groups is 1. The SMILES string of the molecule is Nc1cc(NC(=O)CN(CC(F)(F)F)C2CC2)ccc1Cl. The molecule has 1 saturated carbocycles. The first-order chi connectivity index (χ1) is 9.74. The summed E-state index contributed by atoms with van der Waals surface area (Å²) in [5, 5.41) is 2.87. The fourth-order valence-electron chi connectivity index (χ4n) is 1.99. The van der Waals surface area contributed by atoms with E-state index in [2.05, 4.69) is 5.32 Å². The third kappa shape index (κ3) is 5.09. The topological polar surface area (TPSA) is 58.4 Å². The van der Waals surface area contributed by atoms with Gasteiger partial charge in [-0.15, -0.1) is 0 Å². The summed E-state index contributed by atoms with van der Waals surface area (Å²) in [5.41, 5.74) is 6.30. The van der Waals surface area contributed by atoms with Gasteiger partial charge in [-0.25, -0.2) is 0 Å². The quantitative estimate of drug-likeness (QED) is 0.820. The summed E-state index contributed by atoms with van der Waals surface area (Å²) in [6.45, 7) is -1.37. The Kier molecular flexibility index (Phi) is 4.63. The van der Waals surface area contributed by atoms with Crippen molar-refractivity contribution in [1.29, 1.82) is 0 Å². The second kappa shape index (κ2) is 6.11. The summed E-state index contributed by atoms with van der Waals surface area (Å²) in [6, 6.07) is 4.36. The molecule has 1 aliphatic carbocycles. The fraction of sp³-hybridized carbons (Fsp3) is 0.462. The first-order valence-corrected chi connectivity index (χ1v) is 6.78. The van der Waals surface area contributed by atoms with Gasteiger partial charge in [0.25, 0.3) is 0 Å². The first kappa shape index (κ1) is 15.9. The smallest absolute Gasteiger partial charge is 0.397 e. The van der Waals surface area contributed by atoms with Crippen molar-refractivity contribution in [2.75, 3.05) is 24.1 Å². The summed E-state index contributed by atoms with van der Waals surface area (Å²) >= 11 is 5.75. The number of rotatable bonds is 5. The molecule has 4 nitrogen and oxygen atoms in total. The molecule has 1 aromatic rings. The lowest BCUT2D eigenvalue weighted by molar-refractivity contribution is -0.149. The van der Waals surface area contributed by atoms with Gasteiger partial charge in [0.2, 0.25) is 5.91 Å². The molecule has 1 amide bonds. The molecule has 21 heavy (non-hydrogen) atoms. The average Bonchev–Trinajstić information content (AvgIpc) is 3.15. The molecular weight excluding hydrogens is 307 g/mol. The molecule has 2 rings (SSSR count). The third-order valence-corrected chi connectivity index (χ3v) is 3.42. The summed E-state index contributed by atoms with van der Waals surface area (Å²) in [7, 11) is 0. The highest BCUT2D eigenvalue weighted by Gasteiger charge is 2.38. The molecule has 0 bridgehead atoms. The molecular formula is C13H15ClF3N3O. The van der Waals surface area contributed by atoms with E-state index >= 15 is 0 Å². The molecule has 0 saturated heterocycles. The van der Waals surface area contributed by atoms with Crippen LogP contribution in [0.2, 0.25) is 5.02 Å². The number of nitrogens with one attached hydrogen (secondary N) is 1. The minimum absolute atomic E-state index is 0.160. The number of hydrogen-bond donors (Lipinski definition) is 2. The van der Waals surface area contributed by atoms with Crippen molar-refractivity contribution in [2.24, 2.45) is 0 Å². The van der Waals surface area contributed by atoms with Crippen molar-refractivity contribution < 1.29 is 18.0 Å². The predicted molar refractivity (Wildman–Crippen MR) is 75.1 cm³/mol. The number of carbonyl (C=O) groups excluding carboxylic acids is 1. The third-order valence-electron chi connectivity index (χ3n) is 3.07. The van der Waals surface area contributed by atoms with Crippen molar-refractivity contribution in [1.82, 2.24) is 4.90 Å². The van der Waals surface area contributed by atoms with Gasteiger partial charge in [-0.1, -0.05) is 11.6 Å². The molecule has 0 atom stereocenters. The number of hydrogen-bond acceptors (Lipinski definition) is 3. The Morgan fingerprint density at radius 3 is 2.62 bits per heavy atom. The average molecular weight is 322 g/mol. The van der Waals surface area contributed by atoms with Crippen LogP contribution in [-0.4, -0.2) is 36.1 Å². The normalized spacial score (nSPS) is 15.3. The predicted octanol–water partition coefficient (Wildman–Crippen LogP) is 2.89. The summed E-state index contributed by atoms with van der Waals surface area (Å²) in [5.74, 6) is -0.507. The first-order valence-electron chi connectivity index (χ1n) is 6.40. The van der Waals surface area contributed by atoms with Crippen LogP contribution in [0, 0.1) is 0 Å². The largest absolute Gasteiger partial charge is 0.401 e. The molecule has 0 heterocycles. The Morgan fingerprint density at radius 2 is 2.10 bits per heavy atom. The summed E-state index contributed by atoms with van der Waals surface area (Å²) in [6.07, 6.45) is -2.93. The number of nitrogens with zero attached hydrogens (tertiary/aromatic N) is 1. The van der Waals surface area contributed by atoms with Crippen LogP contribution in [0.15, 0.2) is 18.2 Å². The van der Waals surface area contributed by atoms with E-state index in [0.717, 1.165) is 4.90 Å². The van der Waals surface area contributed by atoms with E-state index in [1.165, 1.54) is 12.1 Å². The molecule has 1 aliphatic rings. The molecule has 1 fully saturated rings. The lowest BCUT2D eigenvalue weighted by Gasteiger charge is -2.22. The zero-order chi connectivity index (χ0) is 15.6. The number of nitrogen functional groups attached to an aromatic ring is 1. The van der Waals surface area contributed by atoms with E-state index in [1.807, 2.05) is 0 Å². The molecule has 0 aromatic heterocycles. The van der Waals surface area contributed by atoms with Gasteiger partial charge in [0.15, 0.2) is 0 Å². The van der Waals surface area contributed by atoms with Crippen LogP contribution in [0.3, 0.4) is 0 Å². The van der Waals surface area contributed by atoms with Gasteiger partial charge in [0.1, 0.15) is 0 Å². The van der Waals surface area contributed by atoms with Crippen LogP contribution in [-0.2, 0) is 4.79 Å². The van der Waals surface area contributed by atoms with Gasteiger partial charge >= 0.3 is 6.18 Å². The molecule has 1 aromatic carbocycles. The Balaban J connectivity index is 1.94. The second-order valence-corrected chi connectivity index (χ2v) is 5.44. The van der Waals surface area contributed by atoms with Crippen molar-refractivity contribution in [3.63, 3.8) is 0 Å². The summed E-state index contributed by atoms with van der Waals surface area (Å²) in [4.78, 5) is 13.0. The number of halogens is 4. The van der Waals surface area contributed by atoms with E-state index in [-0.39, 0.29) is 12.6 Å². The van der Waals surface area contributed by atoms with E-state index in [1.54, 1.807) is 6.07 Å². The highest BCUT2D eigenvalue weighted by Crippen LogP contribution is 2.30. The molecule has 3 N–H and O–H groups in total. The maximum Gasteiger partial charge on any atom is 0.401 e. The Bertz CT molecular complexity index is 532. The second-order valence-electron chi connectivity index (χ2n) is 5.04. The molecule has 0 aliphatic heterocycles. The number of amides is 1. The van der Waals surface area contributed by atoms with Crippen LogP contribution in [0.25, 0.3) is 0 Å². The monoisotopic (exact) mass is 321 g/mol. The van der Waals surface area contributed by atoms with E-state index in [4.69, 9.17) is 17.3 Å². The highest BCUT2D eigenvalue weighted by molar-refractivity contribution is 6.33. The van der Waals surface area contributed by atoms with Crippen molar-refractivity contribution >= 4 is 28.9 Å². The summed E-state index contributed by atoms with van der Waals surface area (Å²) < 4.78 is 37.4. The van der Waals surface area contributed by atoms with E-state index in [0.29, 0.717) is 29.2 Å². The van der Waals surface area contributed by atoms with E-state index in [9.17, 15) is 18.0 Å². The van der Waals surface area contributed by atoms with Crippen LogP contribution < -0.4 is 11.1 Å². The number of nitrogens with two attached hydrogens (primary N) is 1. The molecule has 0 spiro atoms. The Morgan fingerprint density at radius 1 is 1.43 bits per heavy atom. The molecule has 0 unspecified atom stereocenters. The van der Waals surface area contributed by atoms with Crippen LogP contribution in [0.4, 0.5) is 24.5 Å². The lowest BCUT2D eigenvalue weighted by atomic mass is 10.3. The Hall–Kier alpha value is -1.47. The zero-order valence-corrected chi connectivity index (χ0v) is 11.8. The maximum absolute atomic E-state index is 12.5. The molecule has 0 radical (unpaired) electrons. The van der Waals surface area contributed by atoms with Crippen molar-refractivity contribution in [2.45, 2.75) is 25.1 Å². The van der Waals surface area contributed by atoms with Crippen molar-refractivity contribution in [3.8, 4) is 0 Å². The van der Waals surface area contributed by atoms with Crippen LogP contribution >= 0.6 is 11.6 Å². The van der Waals surface area contributed by atoms with Gasteiger partial charge in [-0.05, 0) is 31.0 Å². The van der Waals surface area contributed by atoms with Gasteiger partial charge in [-0.2, -0.15) is 13.2 Å². The van der Waals surface area contributed by atoms with E-state index < -0.39 is 18.6 Å². The van der Waals surface area contributed by atoms with Gasteiger partial charge in [-0.3, -0.25) is 9.69 Å². The Labute approximate surface area is 125 Å². The lowest BCUT2D eigenvalue weighted by Crippen LogP contribution is -2.41. The van der Waals surface area contributed by atoms with Crippen LogP contribution in [0.1, 0.15) is 12.8 Å². The number of anilines is 2. The van der Waals surface area contributed by atoms with Crippen molar-refractivity contribution in [3.05, 3.63) is 23.2 Å². The van der Waals surface area contributed by atoms with Gasteiger partial charge in [0.05, 0.1) is 23.8 Å². The molecule has 8 heteroatoms. The molecule has 116 valence electrons. The fourth-order valence-corrected chi connectivity index (χ4v) is 2.11. The zero-order valence-electron chi connectivity index (χ0n) is 11.1. The number of benzene rings is 1. The standard InChI is InChI=1S/C13H15ClF3N3O/c14-10-4-1-8(5-11(10)18)19-12(21)6-20(9-2-3-9)7-13(15,16)17/h1,4-5,9H,2-3,6-7,18H2,(H,19,21). The van der Waals surface area contributed by atoms with Gasteiger partial charge in [0, 0.05) is 11.7 Å². The minimum Gasteiger partial charge on any atom is -0.397 e. The highest BCUT2D eigenvalue weighted by atomic mass is 35.5. The van der Waals surface area contributed by atoms with Crippen LogP contribution in [0.5, 0.6) is 0 Å². The minimum atomic E-state index is -4.31. The van der Waals surface area contributed by atoms with Gasteiger partial charge < -0.3 is 11.1 Å². The maximum atomic E-state index is 12.5. The number of alkyl halides is 3.